The summed E-state index contributed by atoms with van der Waals surface area (Å²) in [6, 6.07) is 6.12. The Kier molecular flexibility index (Phi) is 5.37. The van der Waals surface area contributed by atoms with Gasteiger partial charge in [0.15, 0.2) is 10.0 Å². The first-order valence-electron chi connectivity index (χ1n) is 6.95. The van der Waals surface area contributed by atoms with Crippen LogP contribution in [0.1, 0.15) is 25.3 Å². The molecule has 0 aliphatic carbocycles. The summed E-state index contributed by atoms with van der Waals surface area (Å²) in [6.45, 7) is 8.50. The molecule has 2 aromatic rings. The zero-order chi connectivity index (χ0) is 16.3. The fourth-order valence-corrected chi connectivity index (χ4v) is 2.41. The quantitative estimate of drug-likeness (QED) is 0.464. The second kappa shape index (κ2) is 7.07. The molecule has 0 aliphatic rings. The van der Waals surface area contributed by atoms with Gasteiger partial charge in [-0.2, -0.15) is 0 Å². The molecule has 0 spiro atoms. The molecule has 0 atom stereocenters. The van der Waals surface area contributed by atoms with Gasteiger partial charge in [0, 0.05) is 11.9 Å². The van der Waals surface area contributed by atoms with E-state index in [1.165, 1.54) is 17.3 Å². The maximum atomic E-state index is 10.5. The van der Waals surface area contributed by atoms with Gasteiger partial charge in [-0.25, -0.2) is 0 Å². The number of azo groups is 1. The minimum Gasteiger partial charge on any atom is -0.493 e. The van der Waals surface area contributed by atoms with Gasteiger partial charge in [0.25, 0.3) is 0 Å². The molecule has 0 radical (unpaired) electrons. The number of hydrogen-bond donors (Lipinski definition) is 1. The highest BCUT2D eigenvalue weighted by atomic mass is 32.2. The van der Waals surface area contributed by atoms with Crippen molar-refractivity contribution in [2.24, 2.45) is 10.2 Å². The first kappa shape index (κ1) is 16.7. The summed E-state index contributed by atoms with van der Waals surface area (Å²) in [5, 5.41) is 19.5. The Bertz CT molecular complexity index is 747. The van der Waals surface area contributed by atoms with E-state index in [1.54, 1.807) is 10.6 Å². The molecule has 0 unspecified atom stereocenters. The van der Waals surface area contributed by atoms with Crippen LogP contribution < -0.4 is 0 Å². The molecule has 1 N–H and O–H groups in total. The number of benzene rings is 1. The van der Waals surface area contributed by atoms with Crippen molar-refractivity contribution < 1.29 is 5.11 Å². The van der Waals surface area contributed by atoms with Gasteiger partial charge >= 0.3 is 0 Å². The molecule has 1 heterocycles. The fourth-order valence-electron chi connectivity index (χ4n) is 2.24. The van der Waals surface area contributed by atoms with E-state index >= 15 is 0 Å². The molecule has 0 amide bonds. The molecule has 116 valence electrons. The van der Waals surface area contributed by atoms with Crippen molar-refractivity contribution in [3.8, 4) is 5.88 Å². The third-order valence-corrected chi connectivity index (χ3v) is 4.43. The Hall–Kier alpha value is -1.66. The summed E-state index contributed by atoms with van der Waals surface area (Å²) in [5.74, 6) is 0.481. The summed E-state index contributed by atoms with van der Waals surface area (Å²) in [4.78, 5) is 0. The van der Waals surface area contributed by atoms with Crippen molar-refractivity contribution in [1.82, 2.24) is 4.57 Å². The highest BCUT2D eigenvalue weighted by molar-refractivity contribution is 8.22. The first-order chi connectivity index (χ1) is 10.5. The third kappa shape index (κ3) is 3.23. The van der Waals surface area contributed by atoms with E-state index in [-0.39, 0.29) is 5.88 Å². The molecule has 0 saturated heterocycles. The largest absolute Gasteiger partial charge is 0.493 e. The lowest BCUT2D eigenvalue weighted by Gasteiger charge is -2.06. The summed E-state index contributed by atoms with van der Waals surface area (Å²) in [5.41, 5.74) is 2.55. The standard InChI is InChI=1S/C16H19N3OS2/c1-5-8-19-13-7-6-11(10(2)3)9-12(13)14(15(19)20)17-18-16(21)22-4/h5-7,9-10,20H,1,8H2,2-4H3. The monoisotopic (exact) mass is 333 g/mol. The minimum absolute atomic E-state index is 0.0865. The van der Waals surface area contributed by atoms with E-state index in [0.717, 1.165) is 10.9 Å². The molecule has 1 aromatic heterocycles. The lowest BCUT2D eigenvalue weighted by Crippen LogP contribution is -1.94. The van der Waals surface area contributed by atoms with Gasteiger partial charge in [0.1, 0.15) is 0 Å². The van der Waals surface area contributed by atoms with Crippen LogP contribution in [0.2, 0.25) is 0 Å². The predicted octanol–water partition coefficient (Wildman–Crippen LogP) is 5.39. The van der Waals surface area contributed by atoms with Gasteiger partial charge in [-0.05, 0) is 42.1 Å². The zero-order valence-electron chi connectivity index (χ0n) is 12.9. The zero-order valence-corrected chi connectivity index (χ0v) is 14.5. The highest BCUT2D eigenvalue weighted by Crippen LogP contribution is 2.40. The Morgan fingerprint density at radius 2 is 2.23 bits per heavy atom. The van der Waals surface area contributed by atoms with Crippen LogP contribution in [0.4, 0.5) is 5.69 Å². The highest BCUT2D eigenvalue weighted by Gasteiger charge is 2.17. The van der Waals surface area contributed by atoms with Gasteiger partial charge in [-0.3, -0.25) is 0 Å². The Morgan fingerprint density at radius 3 is 2.82 bits per heavy atom. The number of thioether (sulfide) groups is 1. The van der Waals surface area contributed by atoms with Crippen LogP contribution >= 0.6 is 24.0 Å². The minimum atomic E-state index is 0.0865. The summed E-state index contributed by atoms with van der Waals surface area (Å²) in [6.07, 6.45) is 3.59. The number of allylic oxidation sites excluding steroid dienone is 1. The molecule has 6 heteroatoms. The first-order valence-corrected chi connectivity index (χ1v) is 8.58. The molecule has 0 saturated carbocycles. The number of hydrogen-bond acceptors (Lipinski definition) is 4. The SMILES string of the molecule is C=CCn1c(O)c(N=NC(=S)SC)c2cc(C(C)C)ccc21. The van der Waals surface area contributed by atoms with E-state index in [1.807, 2.05) is 12.3 Å². The number of rotatable bonds is 4. The van der Waals surface area contributed by atoms with Gasteiger partial charge in [-0.1, -0.05) is 37.8 Å². The van der Waals surface area contributed by atoms with Crippen LogP contribution in [0.5, 0.6) is 5.88 Å². The lowest BCUT2D eigenvalue weighted by atomic mass is 10.0. The van der Waals surface area contributed by atoms with Crippen LogP contribution in [0, 0.1) is 0 Å². The van der Waals surface area contributed by atoms with Crippen molar-refractivity contribution in [2.45, 2.75) is 26.3 Å². The van der Waals surface area contributed by atoms with Crippen LogP contribution in [-0.2, 0) is 6.54 Å². The van der Waals surface area contributed by atoms with E-state index in [2.05, 4.69) is 42.8 Å². The van der Waals surface area contributed by atoms with Crippen molar-refractivity contribution in [3.63, 3.8) is 0 Å². The van der Waals surface area contributed by atoms with E-state index in [4.69, 9.17) is 12.2 Å². The third-order valence-electron chi connectivity index (χ3n) is 3.42. The van der Waals surface area contributed by atoms with Crippen LogP contribution in [0.3, 0.4) is 0 Å². The van der Waals surface area contributed by atoms with E-state index in [0.29, 0.717) is 22.5 Å². The van der Waals surface area contributed by atoms with E-state index in [9.17, 15) is 5.11 Å². The molecule has 2 rings (SSSR count). The smallest absolute Gasteiger partial charge is 0.221 e. The summed E-state index contributed by atoms with van der Waals surface area (Å²) in [7, 11) is 0. The second-order valence-electron chi connectivity index (χ2n) is 5.17. The number of fused-ring (bicyclic) bond motifs is 1. The average molecular weight is 333 g/mol. The van der Waals surface area contributed by atoms with Crippen LogP contribution in [-0.4, -0.2) is 20.2 Å². The van der Waals surface area contributed by atoms with Gasteiger partial charge < -0.3 is 9.67 Å². The molecule has 0 bridgehead atoms. The Morgan fingerprint density at radius 1 is 1.50 bits per heavy atom. The second-order valence-corrected chi connectivity index (χ2v) is 6.61. The van der Waals surface area contributed by atoms with Crippen LogP contribution in [0.25, 0.3) is 10.9 Å². The Balaban J connectivity index is 2.67. The maximum Gasteiger partial charge on any atom is 0.221 e. The van der Waals surface area contributed by atoms with Gasteiger partial charge in [0.2, 0.25) is 5.88 Å². The number of thiocarbonyl (C=S) groups is 1. The topological polar surface area (TPSA) is 49.9 Å². The average Bonchev–Trinajstić information content (AvgIpc) is 2.77. The Labute approximate surface area is 139 Å². The van der Waals surface area contributed by atoms with Crippen LogP contribution in [0.15, 0.2) is 41.1 Å². The number of aromatic hydroxyl groups is 1. The molecule has 1 aromatic carbocycles. The van der Waals surface area contributed by atoms with E-state index < -0.39 is 0 Å². The lowest BCUT2D eigenvalue weighted by molar-refractivity contribution is 0.431. The molecular formula is C16H19N3OS2. The maximum absolute atomic E-state index is 10.5. The molecule has 0 aliphatic heterocycles. The van der Waals surface area contributed by atoms with Crippen molar-refractivity contribution in [1.29, 1.82) is 0 Å². The molecule has 22 heavy (non-hydrogen) atoms. The summed E-state index contributed by atoms with van der Waals surface area (Å²) < 4.78 is 2.20. The van der Waals surface area contributed by atoms with Crippen molar-refractivity contribution >= 4 is 44.9 Å². The normalized spacial score (nSPS) is 11.6. The summed E-state index contributed by atoms with van der Waals surface area (Å²) >= 11 is 6.39. The number of nitrogens with zero attached hydrogens (tertiary/aromatic N) is 3. The van der Waals surface area contributed by atoms with Gasteiger partial charge in [0.05, 0.1) is 5.52 Å². The predicted molar refractivity (Wildman–Crippen MR) is 98.5 cm³/mol. The van der Waals surface area contributed by atoms with Crippen molar-refractivity contribution in [3.05, 3.63) is 36.4 Å². The molecular weight excluding hydrogens is 314 g/mol. The van der Waals surface area contributed by atoms with Gasteiger partial charge in [-0.15, -0.1) is 16.8 Å². The molecule has 0 fully saturated rings. The molecule has 4 nitrogen and oxygen atoms in total. The van der Waals surface area contributed by atoms with Crippen molar-refractivity contribution in [2.75, 3.05) is 6.26 Å². The fraction of sp³-hybridized carbons (Fsp3) is 0.312. The number of aromatic nitrogens is 1.